The highest BCUT2D eigenvalue weighted by Gasteiger charge is 2.20. The first-order chi connectivity index (χ1) is 14.9. The first kappa shape index (κ1) is 20.3. The number of methoxy groups -OCH3 is 1. The molecular weight excluding hydrogens is 388 g/mol. The number of rotatable bonds is 5. The highest BCUT2D eigenvalue weighted by atomic mass is 16.5. The van der Waals surface area contributed by atoms with Crippen molar-refractivity contribution in [2.75, 3.05) is 12.4 Å². The van der Waals surface area contributed by atoms with Crippen molar-refractivity contribution in [3.05, 3.63) is 89.2 Å². The first-order valence-corrected chi connectivity index (χ1v) is 10.0. The van der Waals surface area contributed by atoms with Crippen LogP contribution in [-0.2, 0) is 0 Å². The number of amides is 1. The summed E-state index contributed by atoms with van der Waals surface area (Å²) in [6.45, 7) is 6.09. The van der Waals surface area contributed by atoms with Crippen LogP contribution in [0.4, 0.5) is 5.69 Å². The molecule has 0 bridgehead atoms. The molecule has 6 heteroatoms. The molecule has 31 heavy (non-hydrogen) atoms. The van der Waals surface area contributed by atoms with Gasteiger partial charge in [0.2, 0.25) is 5.82 Å². The van der Waals surface area contributed by atoms with Crippen molar-refractivity contribution in [2.24, 2.45) is 0 Å². The molecule has 0 spiro atoms. The first-order valence-electron chi connectivity index (χ1n) is 10.0. The number of carbonyl (C=O) groups is 1. The van der Waals surface area contributed by atoms with E-state index in [1.54, 1.807) is 36.1 Å². The molecule has 0 aliphatic carbocycles. The minimum atomic E-state index is -0.373. The van der Waals surface area contributed by atoms with Gasteiger partial charge < -0.3 is 10.1 Å². The van der Waals surface area contributed by atoms with Crippen LogP contribution in [0.15, 0.2) is 66.7 Å². The van der Waals surface area contributed by atoms with E-state index < -0.39 is 0 Å². The lowest BCUT2D eigenvalue weighted by Crippen LogP contribution is -2.14. The molecule has 0 saturated carbocycles. The zero-order chi connectivity index (χ0) is 22.0. The van der Waals surface area contributed by atoms with Crippen LogP contribution in [0.3, 0.4) is 0 Å². The van der Waals surface area contributed by atoms with Gasteiger partial charge in [0.15, 0.2) is 5.82 Å². The van der Waals surface area contributed by atoms with E-state index in [1.165, 1.54) is 0 Å². The van der Waals surface area contributed by atoms with Gasteiger partial charge in [-0.3, -0.25) is 4.79 Å². The quantitative estimate of drug-likeness (QED) is 0.494. The van der Waals surface area contributed by atoms with Crippen LogP contribution >= 0.6 is 0 Å². The van der Waals surface area contributed by atoms with E-state index in [0.717, 1.165) is 33.7 Å². The minimum Gasteiger partial charge on any atom is -0.497 e. The fourth-order valence-electron chi connectivity index (χ4n) is 3.27. The lowest BCUT2D eigenvalue weighted by Gasteiger charge is -2.10. The Bertz CT molecular complexity index is 1230. The summed E-state index contributed by atoms with van der Waals surface area (Å²) in [6, 6.07) is 21.3. The van der Waals surface area contributed by atoms with Gasteiger partial charge in [-0.05, 0) is 62.2 Å². The molecule has 0 saturated heterocycles. The van der Waals surface area contributed by atoms with Gasteiger partial charge in [0.05, 0.1) is 12.8 Å². The Morgan fingerprint density at radius 1 is 0.903 bits per heavy atom. The molecule has 4 aromatic rings. The van der Waals surface area contributed by atoms with Crippen LogP contribution in [0.5, 0.6) is 5.75 Å². The standard InChI is InChI=1S/C25H24N4O2/c1-16-6-9-19(10-7-16)24-27-23(25(30)26-20-11-13-21(31-4)14-12-20)28-29(24)22-15-17(2)5-8-18(22)3/h5-15H,1-4H3,(H,26,30). The normalized spacial score (nSPS) is 10.7. The van der Waals surface area contributed by atoms with E-state index in [4.69, 9.17) is 4.74 Å². The monoisotopic (exact) mass is 412 g/mol. The van der Waals surface area contributed by atoms with Crippen molar-refractivity contribution < 1.29 is 9.53 Å². The number of aromatic nitrogens is 3. The predicted molar refractivity (Wildman–Crippen MR) is 122 cm³/mol. The molecule has 6 nitrogen and oxygen atoms in total. The van der Waals surface area contributed by atoms with Gasteiger partial charge in [-0.1, -0.05) is 42.0 Å². The van der Waals surface area contributed by atoms with Crippen molar-refractivity contribution in [2.45, 2.75) is 20.8 Å². The number of anilines is 1. The third-order valence-electron chi connectivity index (χ3n) is 5.06. The summed E-state index contributed by atoms with van der Waals surface area (Å²) in [4.78, 5) is 17.5. The van der Waals surface area contributed by atoms with Gasteiger partial charge in [0.1, 0.15) is 5.75 Å². The van der Waals surface area contributed by atoms with Crippen LogP contribution in [-0.4, -0.2) is 27.8 Å². The molecule has 0 unspecified atom stereocenters. The van der Waals surface area contributed by atoms with Crippen LogP contribution < -0.4 is 10.1 Å². The Balaban J connectivity index is 1.76. The Morgan fingerprint density at radius 3 is 2.26 bits per heavy atom. The Kier molecular flexibility index (Phi) is 5.54. The zero-order valence-electron chi connectivity index (χ0n) is 18.0. The summed E-state index contributed by atoms with van der Waals surface area (Å²) in [5.74, 6) is 1.07. The average molecular weight is 412 g/mol. The lowest BCUT2D eigenvalue weighted by atomic mass is 10.1. The number of aryl methyl sites for hydroxylation is 3. The summed E-state index contributed by atoms with van der Waals surface area (Å²) in [5, 5.41) is 7.44. The van der Waals surface area contributed by atoms with Crippen molar-refractivity contribution in [3.8, 4) is 22.8 Å². The maximum atomic E-state index is 12.9. The average Bonchev–Trinajstić information content (AvgIpc) is 3.22. The number of ether oxygens (including phenoxy) is 1. The number of carbonyl (C=O) groups excluding carboxylic acids is 1. The summed E-state index contributed by atoms with van der Waals surface area (Å²) in [6.07, 6.45) is 0. The van der Waals surface area contributed by atoms with Crippen molar-refractivity contribution in [3.63, 3.8) is 0 Å². The summed E-state index contributed by atoms with van der Waals surface area (Å²) < 4.78 is 6.91. The molecule has 0 atom stereocenters. The van der Waals surface area contributed by atoms with Crippen molar-refractivity contribution in [1.29, 1.82) is 0 Å². The second-order valence-corrected chi connectivity index (χ2v) is 7.51. The smallest absolute Gasteiger partial charge is 0.295 e. The predicted octanol–water partition coefficient (Wildman–Crippen LogP) is 5.12. The molecule has 1 heterocycles. The molecule has 1 amide bonds. The summed E-state index contributed by atoms with van der Waals surface area (Å²) in [7, 11) is 1.60. The van der Waals surface area contributed by atoms with Crippen molar-refractivity contribution in [1.82, 2.24) is 14.8 Å². The topological polar surface area (TPSA) is 69.0 Å². The Labute approximate surface area is 181 Å². The van der Waals surface area contributed by atoms with Gasteiger partial charge in [0, 0.05) is 11.3 Å². The number of hydrogen-bond donors (Lipinski definition) is 1. The second-order valence-electron chi connectivity index (χ2n) is 7.51. The SMILES string of the molecule is COc1ccc(NC(=O)c2nc(-c3ccc(C)cc3)n(-c3cc(C)ccc3C)n2)cc1. The maximum absolute atomic E-state index is 12.9. The minimum absolute atomic E-state index is 0.104. The largest absolute Gasteiger partial charge is 0.497 e. The lowest BCUT2D eigenvalue weighted by molar-refractivity contribution is 0.101. The molecule has 0 aliphatic heterocycles. The summed E-state index contributed by atoms with van der Waals surface area (Å²) in [5.41, 5.74) is 5.74. The number of nitrogens with one attached hydrogen (secondary N) is 1. The number of benzene rings is 3. The van der Waals surface area contributed by atoms with Crippen LogP contribution in [0.1, 0.15) is 27.3 Å². The zero-order valence-corrected chi connectivity index (χ0v) is 18.0. The van der Waals surface area contributed by atoms with E-state index >= 15 is 0 Å². The van der Waals surface area contributed by atoms with E-state index in [9.17, 15) is 4.79 Å². The molecule has 1 aromatic heterocycles. The molecule has 0 fully saturated rings. The van der Waals surface area contributed by atoms with Gasteiger partial charge >= 0.3 is 0 Å². The third-order valence-corrected chi connectivity index (χ3v) is 5.06. The van der Waals surface area contributed by atoms with E-state index in [0.29, 0.717) is 11.5 Å². The molecule has 0 radical (unpaired) electrons. The molecule has 3 aromatic carbocycles. The van der Waals surface area contributed by atoms with Crippen molar-refractivity contribution >= 4 is 11.6 Å². The molecule has 4 rings (SSSR count). The molecule has 1 N–H and O–H groups in total. The van der Waals surface area contributed by atoms with E-state index in [1.807, 2.05) is 57.2 Å². The van der Waals surface area contributed by atoms with Gasteiger partial charge in [-0.2, -0.15) is 0 Å². The van der Waals surface area contributed by atoms with E-state index in [-0.39, 0.29) is 11.7 Å². The number of hydrogen-bond acceptors (Lipinski definition) is 4. The maximum Gasteiger partial charge on any atom is 0.295 e. The van der Waals surface area contributed by atoms with E-state index in [2.05, 4.69) is 21.5 Å². The van der Waals surface area contributed by atoms with Gasteiger partial charge in [-0.15, -0.1) is 5.10 Å². The van der Waals surface area contributed by atoms with Gasteiger partial charge in [0.25, 0.3) is 5.91 Å². The van der Waals surface area contributed by atoms with Gasteiger partial charge in [-0.25, -0.2) is 9.67 Å². The Hall–Kier alpha value is -3.93. The Morgan fingerprint density at radius 2 is 1.58 bits per heavy atom. The number of nitrogens with zero attached hydrogens (tertiary/aromatic N) is 3. The molecule has 0 aliphatic rings. The fourth-order valence-corrected chi connectivity index (χ4v) is 3.27. The summed E-state index contributed by atoms with van der Waals surface area (Å²) >= 11 is 0. The highest BCUT2D eigenvalue weighted by molar-refractivity contribution is 6.01. The molecular formula is C25H24N4O2. The van der Waals surface area contributed by atoms with Crippen LogP contribution in [0, 0.1) is 20.8 Å². The second kappa shape index (κ2) is 8.44. The van der Waals surface area contributed by atoms with Crippen LogP contribution in [0.25, 0.3) is 17.1 Å². The third kappa shape index (κ3) is 4.33. The molecule has 156 valence electrons. The fraction of sp³-hybridized carbons (Fsp3) is 0.160. The van der Waals surface area contributed by atoms with Crippen LogP contribution in [0.2, 0.25) is 0 Å². The highest BCUT2D eigenvalue weighted by Crippen LogP contribution is 2.25.